The van der Waals surface area contributed by atoms with Crippen molar-refractivity contribution in [2.45, 2.75) is 19.9 Å². The predicted octanol–water partition coefficient (Wildman–Crippen LogP) is 0.241. The van der Waals surface area contributed by atoms with E-state index >= 15 is 0 Å². The van der Waals surface area contributed by atoms with Crippen molar-refractivity contribution in [3.8, 4) is 11.4 Å². The first-order chi connectivity index (χ1) is 8.66. The second-order valence-corrected chi connectivity index (χ2v) is 4.02. The minimum atomic E-state index is -0.831. The summed E-state index contributed by atoms with van der Waals surface area (Å²) in [6, 6.07) is 1.75. The molecule has 0 fully saturated rings. The molecule has 0 aliphatic rings. The molecule has 2 heterocycles. The normalized spacial score (nSPS) is 12.3. The van der Waals surface area contributed by atoms with Crippen LogP contribution in [0.3, 0.4) is 0 Å². The van der Waals surface area contributed by atoms with Crippen molar-refractivity contribution in [2.75, 3.05) is 0 Å². The molecule has 0 saturated heterocycles. The first-order valence-electron chi connectivity index (χ1n) is 5.42. The van der Waals surface area contributed by atoms with Gasteiger partial charge >= 0.3 is 5.97 Å². The van der Waals surface area contributed by atoms with Gasteiger partial charge in [0, 0.05) is 18.5 Å². The van der Waals surface area contributed by atoms with E-state index in [-0.39, 0.29) is 12.3 Å². The third-order valence-electron chi connectivity index (χ3n) is 2.38. The molecule has 1 N–H and O–H groups in total. The molecule has 0 aliphatic heterocycles. The van der Waals surface area contributed by atoms with Crippen molar-refractivity contribution in [3.63, 3.8) is 0 Å². The van der Waals surface area contributed by atoms with Gasteiger partial charge in [-0.15, -0.1) is 5.10 Å². The van der Waals surface area contributed by atoms with Gasteiger partial charge < -0.3 is 5.11 Å². The highest BCUT2D eigenvalue weighted by molar-refractivity contribution is 5.66. The van der Waals surface area contributed by atoms with Gasteiger partial charge in [0.25, 0.3) is 0 Å². The smallest absolute Gasteiger partial charge is 0.303 e. The summed E-state index contributed by atoms with van der Waals surface area (Å²) < 4.78 is 1.57. The molecule has 2 aromatic heterocycles. The number of aliphatic carboxylic acids is 1. The summed E-state index contributed by atoms with van der Waals surface area (Å²) in [5, 5.41) is 27.5. The van der Waals surface area contributed by atoms with E-state index in [1.807, 2.05) is 6.92 Å². The molecule has 18 heavy (non-hydrogen) atoms. The van der Waals surface area contributed by atoms with Crippen LogP contribution in [0.15, 0.2) is 18.5 Å². The summed E-state index contributed by atoms with van der Waals surface area (Å²) in [4.78, 5) is 10.6. The number of aromatic nitrogens is 6. The van der Waals surface area contributed by atoms with E-state index in [1.54, 1.807) is 23.1 Å². The van der Waals surface area contributed by atoms with Gasteiger partial charge in [0.05, 0.1) is 12.4 Å². The summed E-state index contributed by atoms with van der Waals surface area (Å²) in [5.74, 6) is -0.329. The molecular formula is C10H12N6O2. The van der Waals surface area contributed by atoms with Crippen molar-refractivity contribution >= 4 is 5.97 Å². The highest BCUT2D eigenvalue weighted by atomic mass is 16.4. The van der Waals surface area contributed by atoms with Crippen LogP contribution in [0, 0.1) is 5.92 Å². The van der Waals surface area contributed by atoms with Crippen LogP contribution in [0.1, 0.15) is 13.3 Å². The Labute approximate surface area is 103 Å². The fourth-order valence-electron chi connectivity index (χ4n) is 1.62. The Balaban J connectivity index is 2.16. The lowest BCUT2D eigenvalue weighted by atomic mass is 10.1. The number of tetrazole rings is 1. The van der Waals surface area contributed by atoms with Gasteiger partial charge in [0.2, 0.25) is 0 Å². The maximum absolute atomic E-state index is 10.6. The number of carbonyl (C=O) groups is 1. The average molecular weight is 248 g/mol. The first-order valence-corrected chi connectivity index (χ1v) is 5.42. The molecule has 0 amide bonds. The molecule has 2 rings (SSSR count). The zero-order valence-electron chi connectivity index (χ0n) is 9.76. The standard InChI is InChI=1S/C10H12N6O2/c1-7(4-9(17)18)6-16-10(13-14-15-16)8-2-3-11-12-5-8/h2-3,5,7H,4,6H2,1H3,(H,17,18). The Kier molecular flexibility index (Phi) is 3.56. The van der Waals surface area contributed by atoms with E-state index in [2.05, 4.69) is 25.7 Å². The van der Waals surface area contributed by atoms with E-state index in [0.29, 0.717) is 12.4 Å². The van der Waals surface area contributed by atoms with E-state index in [1.165, 1.54) is 0 Å². The molecule has 2 aromatic rings. The largest absolute Gasteiger partial charge is 0.481 e. The third-order valence-corrected chi connectivity index (χ3v) is 2.38. The number of hydrogen-bond donors (Lipinski definition) is 1. The van der Waals surface area contributed by atoms with Crippen molar-refractivity contribution in [1.82, 2.24) is 30.4 Å². The van der Waals surface area contributed by atoms with Crippen LogP contribution in [-0.4, -0.2) is 41.5 Å². The van der Waals surface area contributed by atoms with Crippen molar-refractivity contribution in [1.29, 1.82) is 0 Å². The van der Waals surface area contributed by atoms with Crippen LogP contribution in [0.4, 0.5) is 0 Å². The maximum atomic E-state index is 10.6. The van der Waals surface area contributed by atoms with E-state index < -0.39 is 5.97 Å². The molecule has 1 atom stereocenters. The number of rotatable bonds is 5. The fourth-order valence-corrected chi connectivity index (χ4v) is 1.62. The summed E-state index contributed by atoms with van der Waals surface area (Å²) in [6.07, 6.45) is 3.19. The minimum absolute atomic E-state index is 0.0560. The molecule has 0 radical (unpaired) electrons. The van der Waals surface area contributed by atoms with Crippen LogP contribution < -0.4 is 0 Å². The summed E-state index contributed by atoms with van der Waals surface area (Å²) >= 11 is 0. The summed E-state index contributed by atoms with van der Waals surface area (Å²) in [6.45, 7) is 2.28. The maximum Gasteiger partial charge on any atom is 0.303 e. The van der Waals surface area contributed by atoms with E-state index in [9.17, 15) is 4.79 Å². The van der Waals surface area contributed by atoms with Crippen LogP contribution in [0.2, 0.25) is 0 Å². The molecule has 0 saturated carbocycles. The summed E-state index contributed by atoms with van der Waals surface area (Å²) in [7, 11) is 0. The Morgan fingerprint density at radius 1 is 1.50 bits per heavy atom. The molecule has 0 aromatic carbocycles. The van der Waals surface area contributed by atoms with Crippen LogP contribution in [0.25, 0.3) is 11.4 Å². The molecule has 0 spiro atoms. The van der Waals surface area contributed by atoms with Crippen molar-refractivity contribution < 1.29 is 9.90 Å². The predicted molar refractivity (Wildman–Crippen MR) is 60.3 cm³/mol. The third kappa shape index (κ3) is 2.84. The molecule has 94 valence electrons. The van der Waals surface area contributed by atoms with Crippen molar-refractivity contribution in [3.05, 3.63) is 18.5 Å². The van der Waals surface area contributed by atoms with Gasteiger partial charge in [0.1, 0.15) is 0 Å². The topological polar surface area (TPSA) is 107 Å². The van der Waals surface area contributed by atoms with Gasteiger partial charge in [-0.3, -0.25) is 4.79 Å². The second-order valence-electron chi connectivity index (χ2n) is 4.02. The highest BCUT2D eigenvalue weighted by Crippen LogP contribution is 2.15. The van der Waals surface area contributed by atoms with Crippen molar-refractivity contribution in [2.24, 2.45) is 5.92 Å². The lowest BCUT2D eigenvalue weighted by Gasteiger charge is -2.09. The number of hydrogen-bond acceptors (Lipinski definition) is 6. The monoisotopic (exact) mass is 248 g/mol. The quantitative estimate of drug-likeness (QED) is 0.807. The van der Waals surface area contributed by atoms with Gasteiger partial charge in [-0.1, -0.05) is 6.92 Å². The van der Waals surface area contributed by atoms with Crippen LogP contribution in [-0.2, 0) is 11.3 Å². The van der Waals surface area contributed by atoms with E-state index in [4.69, 9.17) is 5.11 Å². The van der Waals surface area contributed by atoms with Crippen LogP contribution in [0.5, 0.6) is 0 Å². The number of carboxylic acids is 1. The average Bonchev–Trinajstić information content (AvgIpc) is 2.77. The molecular weight excluding hydrogens is 236 g/mol. The number of nitrogens with zero attached hydrogens (tertiary/aromatic N) is 6. The molecule has 8 heteroatoms. The van der Waals surface area contributed by atoms with E-state index in [0.717, 1.165) is 5.56 Å². The van der Waals surface area contributed by atoms with Gasteiger partial charge in [-0.2, -0.15) is 10.2 Å². The Morgan fingerprint density at radius 3 is 3.00 bits per heavy atom. The summed E-state index contributed by atoms with van der Waals surface area (Å²) in [5.41, 5.74) is 0.748. The SMILES string of the molecule is CC(CC(=O)O)Cn1nnnc1-c1ccnnc1. The molecule has 8 nitrogen and oxygen atoms in total. The van der Waals surface area contributed by atoms with Gasteiger partial charge in [0.15, 0.2) is 5.82 Å². The lowest BCUT2D eigenvalue weighted by Crippen LogP contribution is -2.14. The molecule has 1 unspecified atom stereocenters. The zero-order chi connectivity index (χ0) is 13.0. The zero-order valence-corrected chi connectivity index (χ0v) is 9.76. The first kappa shape index (κ1) is 12.1. The minimum Gasteiger partial charge on any atom is -0.481 e. The molecule has 0 bridgehead atoms. The van der Waals surface area contributed by atoms with Gasteiger partial charge in [-0.25, -0.2) is 4.68 Å². The fraction of sp³-hybridized carbons (Fsp3) is 0.400. The van der Waals surface area contributed by atoms with Crippen LogP contribution >= 0.6 is 0 Å². The Hall–Kier alpha value is -2.38. The second kappa shape index (κ2) is 5.30. The Morgan fingerprint density at radius 2 is 2.33 bits per heavy atom. The van der Waals surface area contributed by atoms with Gasteiger partial charge in [-0.05, 0) is 22.4 Å². The molecule has 0 aliphatic carbocycles. The Bertz CT molecular complexity index is 526. The highest BCUT2D eigenvalue weighted by Gasteiger charge is 2.14. The number of carboxylic acid groups (broad SMARTS) is 1. The lowest BCUT2D eigenvalue weighted by molar-refractivity contribution is -0.138.